The first kappa shape index (κ1) is 12.7. The van der Waals surface area contributed by atoms with Gasteiger partial charge in [-0.15, -0.1) is 0 Å². The number of para-hydroxylation sites is 1. The summed E-state index contributed by atoms with van der Waals surface area (Å²) in [5.74, 6) is -1.74. The van der Waals surface area contributed by atoms with Crippen molar-refractivity contribution in [3.63, 3.8) is 0 Å². The van der Waals surface area contributed by atoms with Crippen LogP contribution in [0.5, 0.6) is 5.75 Å². The van der Waals surface area contributed by atoms with Crippen molar-refractivity contribution < 1.29 is 36.5 Å². The van der Waals surface area contributed by atoms with E-state index < -0.39 is 11.9 Å². The Kier molecular flexibility index (Phi) is 4.91. The van der Waals surface area contributed by atoms with Crippen LogP contribution in [0, 0.1) is 0 Å². The molecular weight excluding hydrogens is 236 g/mol. The zero-order chi connectivity index (χ0) is 9.84. The molecule has 0 unspecified atom stereocenters. The molecule has 0 heterocycles. The molecule has 0 spiro atoms. The topological polar surface area (TPSA) is 63.6 Å². The molecule has 5 heteroatoms. The van der Waals surface area contributed by atoms with Crippen molar-refractivity contribution in [3.8, 4) is 5.75 Å². The van der Waals surface area contributed by atoms with Gasteiger partial charge in [0.2, 0.25) is 0 Å². The van der Waals surface area contributed by atoms with E-state index in [-0.39, 0.29) is 28.4 Å². The molecule has 0 saturated heterocycles. The number of aromatic hydroxyl groups is 1. The van der Waals surface area contributed by atoms with E-state index in [1.807, 2.05) is 0 Å². The molecule has 1 N–H and O–H groups in total. The fraction of sp³-hybridized carbons (Fsp3) is 0.111. The van der Waals surface area contributed by atoms with Crippen LogP contribution in [0.4, 0.5) is 0 Å². The number of esters is 2. The van der Waals surface area contributed by atoms with Crippen molar-refractivity contribution in [2.24, 2.45) is 0 Å². The van der Waals surface area contributed by atoms with Gasteiger partial charge in [-0.2, -0.15) is 0 Å². The van der Waals surface area contributed by atoms with Gasteiger partial charge in [-0.25, -0.2) is 4.79 Å². The number of hydrogen-bond acceptors (Lipinski definition) is 4. The van der Waals surface area contributed by atoms with Crippen molar-refractivity contribution in [2.45, 2.75) is 6.92 Å². The van der Waals surface area contributed by atoms with Crippen molar-refractivity contribution in [1.29, 1.82) is 0 Å². The van der Waals surface area contributed by atoms with Crippen molar-refractivity contribution in [2.75, 3.05) is 0 Å². The number of ether oxygens (including phenoxy) is 1. The summed E-state index contributed by atoms with van der Waals surface area (Å²) in [4.78, 5) is 21.5. The van der Waals surface area contributed by atoms with E-state index >= 15 is 0 Å². The molecule has 1 aromatic rings. The Morgan fingerprint density at radius 1 is 1.29 bits per heavy atom. The van der Waals surface area contributed by atoms with Gasteiger partial charge >= 0.3 is 11.9 Å². The quantitative estimate of drug-likeness (QED) is 0.456. The predicted molar refractivity (Wildman–Crippen MR) is 44.2 cm³/mol. The Balaban J connectivity index is 0.00000169. The number of hydrogen-bond donors (Lipinski definition) is 1. The summed E-state index contributed by atoms with van der Waals surface area (Å²) in [6.07, 6.45) is 0. The molecule has 0 aliphatic rings. The second-order valence-electron chi connectivity index (χ2n) is 2.40. The number of phenols is 1. The number of phenolic OH excluding ortho intramolecular Hbond substituents is 1. The van der Waals surface area contributed by atoms with Gasteiger partial charge in [-0.3, -0.25) is 4.79 Å². The minimum absolute atomic E-state index is 0. The number of rotatable bonds is 1. The molecule has 0 amide bonds. The zero-order valence-electron chi connectivity index (χ0n) is 7.28. The van der Waals surface area contributed by atoms with Crippen LogP contribution in [0.25, 0.3) is 0 Å². The standard InChI is InChI=1S/C9H8O4.Cu/c1-6(10)13-9(12)7-4-2-3-5-8(7)11;/h2-5,11H,1H3;. The van der Waals surface area contributed by atoms with Crippen LogP contribution in [-0.4, -0.2) is 17.0 Å². The van der Waals surface area contributed by atoms with Crippen LogP contribution in [0.3, 0.4) is 0 Å². The maximum absolute atomic E-state index is 11.1. The molecule has 1 aromatic carbocycles. The van der Waals surface area contributed by atoms with Crippen LogP contribution in [0.2, 0.25) is 0 Å². The summed E-state index contributed by atoms with van der Waals surface area (Å²) in [6.45, 7) is 1.12. The van der Waals surface area contributed by atoms with Gasteiger partial charge in [0.25, 0.3) is 0 Å². The largest absolute Gasteiger partial charge is 0.507 e. The van der Waals surface area contributed by atoms with Crippen LogP contribution in [0.1, 0.15) is 17.3 Å². The minimum Gasteiger partial charge on any atom is -0.507 e. The SMILES string of the molecule is CC(=O)OC(=O)c1ccccc1O.[Cu]. The molecule has 14 heavy (non-hydrogen) atoms. The Morgan fingerprint density at radius 3 is 2.36 bits per heavy atom. The maximum atomic E-state index is 11.1. The van der Waals surface area contributed by atoms with E-state index in [0.717, 1.165) is 6.92 Å². The van der Waals surface area contributed by atoms with E-state index in [4.69, 9.17) is 0 Å². The molecule has 1 radical (unpaired) electrons. The summed E-state index contributed by atoms with van der Waals surface area (Å²) >= 11 is 0. The fourth-order valence-corrected chi connectivity index (χ4v) is 0.832. The second kappa shape index (κ2) is 5.42. The van der Waals surface area contributed by atoms with Gasteiger partial charge in [0.05, 0.1) is 0 Å². The Bertz CT molecular complexity index is 348. The van der Waals surface area contributed by atoms with Gasteiger partial charge in [0, 0.05) is 24.0 Å². The first-order valence-electron chi connectivity index (χ1n) is 3.62. The molecule has 0 aliphatic heterocycles. The Labute approximate surface area is 91.4 Å². The zero-order valence-corrected chi connectivity index (χ0v) is 8.22. The number of carbonyl (C=O) groups excluding carboxylic acids is 2. The van der Waals surface area contributed by atoms with Crippen molar-refractivity contribution >= 4 is 11.9 Å². The Morgan fingerprint density at radius 2 is 1.86 bits per heavy atom. The van der Waals surface area contributed by atoms with Gasteiger partial charge in [0.15, 0.2) is 0 Å². The van der Waals surface area contributed by atoms with E-state index in [9.17, 15) is 14.7 Å². The molecule has 0 aromatic heterocycles. The molecule has 1 rings (SSSR count). The third-order valence-electron chi connectivity index (χ3n) is 1.36. The van der Waals surface area contributed by atoms with E-state index in [1.165, 1.54) is 12.1 Å². The van der Waals surface area contributed by atoms with E-state index in [1.54, 1.807) is 12.1 Å². The molecule has 0 bridgehead atoms. The summed E-state index contributed by atoms with van der Waals surface area (Å²) in [7, 11) is 0. The maximum Gasteiger partial charge on any atom is 0.349 e. The molecule has 0 saturated carbocycles. The first-order valence-corrected chi connectivity index (χ1v) is 3.62. The van der Waals surface area contributed by atoms with Crippen molar-refractivity contribution in [1.82, 2.24) is 0 Å². The molecule has 0 aliphatic carbocycles. The van der Waals surface area contributed by atoms with Gasteiger partial charge in [-0.05, 0) is 12.1 Å². The summed E-state index contributed by atoms with van der Waals surface area (Å²) in [5.41, 5.74) is -0.0160. The number of carbonyl (C=O) groups is 2. The summed E-state index contributed by atoms with van der Waals surface area (Å²) in [6, 6.07) is 5.85. The summed E-state index contributed by atoms with van der Waals surface area (Å²) in [5, 5.41) is 9.18. The van der Waals surface area contributed by atoms with E-state index in [0.29, 0.717) is 0 Å². The van der Waals surface area contributed by atoms with Gasteiger partial charge in [-0.1, -0.05) is 12.1 Å². The normalized spacial score (nSPS) is 8.64. The van der Waals surface area contributed by atoms with Crippen LogP contribution in [-0.2, 0) is 26.6 Å². The van der Waals surface area contributed by atoms with Crippen LogP contribution in [0.15, 0.2) is 24.3 Å². The third-order valence-corrected chi connectivity index (χ3v) is 1.36. The average Bonchev–Trinajstić information content (AvgIpc) is 2.03. The van der Waals surface area contributed by atoms with Crippen molar-refractivity contribution in [3.05, 3.63) is 29.8 Å². The van der Waals surface area contributed by atoms with Gasteiger partial charge < -0.3 is 9.84 Å². The van der Waals surface area contributed by atoms with Crippen LogP contribution < -0.4 is 0 Å². The van der Waals surface area contributed by atoms with E-state index in [2.05, 4.69) is 4.74 Å². The molecular formula is C9H8CuO4. The van der Waals surface area contributed by atoms with Gasteiger partial charge in [0.1, 0.15) is 11.3 Å². The monoisotopic (exact) mass is 243 g/mol. The Hall–Kier alpha value is -1.32. The fourth-order valence-electron chi connectivity index (χ4n) is 0.832. The molecule has 79 valence electrons. The minimum atomic E-state index is -0.842. The van der Waals surface area contributed by atoms with Crippen LogP contribution >= 0.6 is 0 Å². The first-order chi connectivity index (χ1) is 6.11. The third kappa shape index (κ3) is 3.20. The average molecular weight is 244 g/mol. The smallest absolute Gasteiger partial charge is 0.349 e. The summed E-state index contributed by atoms with van der Waals surface area (Å²) < 4.78 is 4.28. The predicted octanol–water partition coefficient (Wildman–Crippen LogP) is 1.09. The number of benzene rings is 1. The second-order valence-corrected chi connectivity index (χ2v) is 2.40. The molecule has 0 fully saturated rings. The molecule has 0 atom stereocenters. The molecule has 4 nitrogen and oxygen atoms in total.